The smallest absolute Gasteiger partial charge is 0.264 e. The molecule has 0 saturated carbocycles. The molecule has 0 spiro atoms. The Labute approximate surface area is 91.6 Å². The van der Waals surface area contributed by atoms with Gasteiger partial charge in [0.05, 0.1) is 0 Å². The molecule has 5 heteroatoms. The monoisotopic (exact) mass is 230 g/mol. The van der Waals surface area contributed by atoms with Gasteiger partial charge in [-0.2, -0.15) is 0 Å². The van der Waals surface area contributed by atoms with E-state index in [0.29, 0.717) is 17.1 Å². The van der Waals surface area contributed by atoms with Gasteiger partial charge in [0.15, 0.2) is 11.5 Å². The number of aliphatic hydroxyl groups excluding tert-OH is 1. The third kappa shape index (κ3) is 1.82. The maximum absolute atomic E-state index is 12.8. The van der Waals surface area contributed by atoms with Crippen LogP contribution in [0.25, 0.3) is 0 Å². The van der Waals surface area contributed by atoms with Crippen LogP contribution in [0, 0.1) is 0 Å². The lowest BCUT2D eigenvalue weighted by Crippen LogP contribution is -2.04. The van der Waals surface area contributed by atoms with Crippen molar-refractivity contribution in [2.45, 2.75) is 19.3 Å². The molecule has 0 aromatic heterocycles. The Morgan fingerprint density at radius 3 is 2.31 bits per heavy atom. The van der Waals surface area contributed by atoms with Crippen LogP contribution >= 0.6 is 0 Å². The molecule has 1 heterocycles. The summed E-state index contributed by atoms with van der Waals surface area (Å²) in [5.41, 5.74) is 0.299. The number of rotatable bonds is 3. The van der Waals surface area contributed by atoms with Gasteiger partial charge in [0.2, 0.25) is 6.79 Å². The zero-order chi connectivity index (χ0) is 11.7. The second kappa shape index (κ2) is 4.25. The average Bonchev–Trinajstić information content (AvgIpc) is 2.73. The first-order chi connectivity index (χ1) is 7.63. The minimum Gasteiger partial charge on any atom is -0.454 e. The highest BCUT2D eigenvalue weighted by atomic mass is 19.3. The first-order valence-corrected chi connectivity index (χ1v) is 4.96. The number of ether oxygens (including phenoxy) is 2. The van der Waals surface area contributed by atoms with Gasteiger partial charge in [0.1, 0.15) is 0 Å². The van der Waals surface area contributed by atoms with E-state index in [9.17, 15) is 8.78 Å². The summed E-state index contributed by atoms with van der Waals surface area (Å²) in [5, 5.41) is 9.03. The Balaban J connectivity index is 2.48. The molecule has 1 N–H and O–H groups in total. The number of halogens is 2. The Morgan fingerprint density at radius 2 is 1.81 bits per heavy atom. The molecule has 0 amide bonds. The van der Waals surface area contributed by atoms with Crippen LogP contribution in [0.1, 0.15) is 30.4 Å². The van der Waals surface area contributed by atoms with Gasteiger partial charge in [0, 0.05) is 18.1 Å². The standard InChI is InChI=1S/C11H12F2O3/c1-6(4-14)7-2-9-10(16-5-15-9)3-8(7)11(12)13/h2-3,6,11,14H,4-5H2,1H3. The van der Waals surface area contributed by atoms with Crippen molar-refractivity contribution in [3.63, 3.8) is 0 Å². The van der Waals surface area contributed by atoms with Crippen molar-refractivity contribution in [2.24, 2.45) is 0 Å². The fraction of sp³-hybridized carbons (Fsp3) is 0.455. The van der Waals surface area contributed by atoms with E-state index in [4.69, 9.17) is 14.6 Å². The predicted molar refractivity (Wildman–Crippen MR) is 53.0 cm³/mol. The van der Waals surface area contributed by atoms with Gasteiger partial charge in [-0.05, 0) is 17.7 Å². The topological polar surface area (TPSA) is 38.7 Å². The van der Waals surface area contributed by atoms with Crippen LogP contribution in [0.3, 0.4) is 0 Å². The molecule has 1 aliphatic heterocycles. The van der Waals surface area contributed by atoms with Crippen molar-refractivity contribution in [3.8, 4) is 11.5 Å². The van der Waals surface area contributed by atoms with Crippen molar-refractivity contribution < 1.29 is 23.4 Å². The summed E-state index contributed by atoms with van der Waals surface area (Å²) in [4.78, 5) is 0. The quantitative estimate of drug-likeness (QED) is 0.866. The van der Waals surface area contributed by atoms with Crippen molar-refractivity contribution in [2.75, 3.05) is 13.4 Å². The normalized spacial score (nSPS) is 15.6. The van der Waals surface area contributed by atoms with Gasteiger partial charge in [-0.3, -0.25) is 0 Å². The highest BCUT2D eigenvalue weighted by Crippen LogP contribution is 2.40. The van der Waals surface area contributed by atoms with Gasteiger partial charge < -0.3 is 14.6 Å². The van der Waals surface area contributed by atoms with Crippen molar-refractivity contribution in [1.29, 1.82) is 0 Å². The van der Waals surface area contributed by atoms with Crippen molar-refractivity contribution in [3.05, 3.63) is 23.3 Å². The van der Waals surface area contributed by atoms with Crippen LogP contribution in [0.2, 0.25) is 0 Å². The van der Waals surface area contributed by atoms with E-state index in [1.165, 1.54) is 12.1 Å². The molecular weight excluding hydrogens is 218 g/mol. The number of fused-ring (bicyclic) bond motifs is 1. The molecule has 0 saturated heterocycles. The van der Waals surface area contributed by atoms with E-state index in [1.54, 1.807) is 6.92 Å². The number of hydrogen-bond acceptors (Lipinski definition) is 3. The molecule has 88 valence electrons. The Hall–Kier alpha value is -1.36. The molecule has 0 radical (unpaired) electrons. The molecule has 1 aromatic rings. The number of aliphatic hydroxyl groups is 1. The summed E-state index contributed by atoms with van der Waals surface area (Å²) < 4.78 is 35.8. The van der Waals surface area contributed by atoms with Crippen LogP contribution in [0.5, 0.6) is 11.5 Å². The Morgan fingerprint density at radius 1 is 1.25 bits per heavy atom. The average molecular weight is 230 g/mol. The highest BCUT2D eigenvalue weighted by Gasteiger charge is 2.23. The van der Waals surface area contributed by atoms with E-state index < -0.39 is 6.43 Å². The molecule has 2 rings (SSSR count). The van der Waals surface area contributed by atoms with Gasteiger partial charge in [-0.25, -0.2) is 8.78 Å². The lowest BCUT2D eigenvalue weighted by Gasteiger charge is -2.14. The van der Waals surface area contributed by atoms with Crippen molar-refractivity contribution >= 4 is 0 Å². The maximum Gasteiger partial charge on any atom is 0.264 e. The lowest BCUT2D eigenvalue weighted by atomic mass is 9.96. The van der Waals surface area contributed by atoms with Crippen LogP contribution in [0.15, 0.2) is 12.1 Å². The minimum absolute atomic E-state index is 0.0506. The minimum atomic E-state index is -2.58. The zero-order valence-electron chi connectivity index (χ0n) is 8.74. The third-order valence-electron chi connectivity index (χ3n) is 2.62. The molecular formula is C11H12F2O3. The summed E-state index contributed by atoms with van der Waals surface area (Å²) in [5.74, 6) is 0.447. The number of alkyl halides is 2. The van der Waals surface area contributed by atoms with E-state index in [-0.39, 0.29) is 24.9 Å². The summed E-state index contributed by atoms with van der Waals surface area (Å²) >= 11 is 0. The molecule has 0 aliphatic carbocycles. The molecule has 1 aromatic carbocycles. The zero-order valence-corrected chi connectivity index (χ0v) is 8.74. The molecule has 0 bridgehead atoms. The van der Waals surface area contributed by atoms with Gasteiger partial charge >= 0.3 is 0 Å². The molecule has 3 nitrogen and oxygen atoms in total. The number of hydrogen-bond donors (Lipinski definition) is 1. The Bertz CT molecular complexity index is 393. The van der Waals surface area contributed by atoms with E-state index in [0.717, 1.165) is 0 Å². The van der Waals surface area contributed by atoms with Gasteiger partial charge in [-0.1, -0.05) is 6.92 Å². The highest BCUT2D eigenvalue weighted by molar-refractivity contribution is 5.50. The summed E-state index contributed by atoms with van der Waals surface area (Å²) in [6, 6.07) is 2.80. The second-order valence-electron chi connectivity index (χ2n) is 3.72. The van der Waals surface area contributed by atoms with Crippen LogP contribution in [0.4, 0.5) is 8.78 Å². The van der Waals surface area contributed by atoms with Gasteiger partial charge in [0.25, 0.3) is 6.43 Å². The van der Waals surface area contributed by atoms with E-state index >= 15 is 0 Å². The molecule has 16 heavy (non-hydrogen) atoms. The molecule has 1 aliphatic rings. The fourth-order valence-corrected chi connectivity index (χ4v) is 1.69. The molecule has 1 unspecified atom stereocenters. The summed E-state index contributed by atoms with van der Waals surface area (Å²) in [6.07, 6.45) is -2.58. The largest absolute Gasteiger partial charge is 0.454 e. The first-order valence-electron chi connectivity index (χ1n) is 4.96. The van der Waals surface area contributed by atoms with Crippen LogP contribution < -0.4 is 9.47 Å². The van der Waals surface area contributed by atoms with Gasteiger partial charge in [-0.15, -0.1) is 0 Å². The predicted octanol–water partition coefficient (Wildman–Crippen LogP) is 2.45. The van der Waals surface area contributed by atoms with E-state index in [1.807, 2.05) is 0 Å². The molecule has 1 atom stereocenters. The summed E-state index contributed by atoms with van der Waals surface area (Å²) in [7, 11) is 0. The Kier molecular flexibility index (Phi) is 2.96. The fourth-order valence-electron chi connectivity index (χ4n) is 1.69. The van der Waals surface area contributed by atoms with Crippen molar-refractivity contribution in [1.82, 2.24) is 0 Å². The lowest BCUT2D eigenvalue weighted by molar-refractivity contribution is 0.148. The van der Waals surface area contributed by atoms with E-state index in [2.05, 4.69) is 0 Å². The second-order valence-corrected chi connectivity index (χ2v) is 3.72. The number of benzene rings is 1. The SMILES string of the molecule is CC(CO)c1cc2c(cc1C(F)F)OCO2. The third-order valence-corrected chi connectivity index (χ3v) is 2.62. The molecule has 0 fully saturated rings. The van der Waals surface area contributed by atoms with Crippen LogP contribution in [-0.4, -0.2) is 18.5 Å². The van der Waals surface area contributed by atoms with Crippen LogP contribution in [-0.2, 0) is 0 Å². The summed E-state index contributed by atoms with van der Waals surface area (Å²) in [6.45, 7) is 1.55. The maximum atomic E-state index is 12.8. The first kappa shape index (κ1) is 11.1.